The van der Waals surface area contributed by atoms with Crippen molar-refractivity contribution in [2.75, 3.05) is 39.5 Å². The molecule has 5 N–H and O–H groups in total. The van der Waals surface area contributed by atoms with Gasteiger partial charge in [0, 0.05) is 20.8 Å². The number of furan rings is 4. The number of carboxylic acids is 1. The predicted molar refractivity (Wildman–Crippen MR) is 297 cm³/mol. The van der Waals surface area contributed by atoms with E-state index in [1.807, 2.05) is 0 Å². The second-order valence-corrected chi connectivity index (χ2v) is 19.3. The van der Waals surface area contributed by atoms with Crippen molar-refractivity contribution in [1.82, 2.24) is 0 Å². The number of nitrogens with zero attached hydrogens (tertiary/aromatic N) is 6. The summed E-state index contributed by atoms with van der Waals surface area (Å²) in [5, 5.41) is 22.6. The molecular formula is C53H62F3N8O22P. The number of aldehydes is 1. The maximum Gasteiger partial charge on any atom is 0.525 e. The second-order valence-electron chi connectivity index (χ2n) is 17.8. The van der Waals surface area contributed by atoms with E-state index in [9.17, 15) is 51.3 Å². The second kappa shape index (κ2) is 39.1. The van der Waals surface area contributed by atoms with Gasteiger partial charge >= 0.3 is 49.9 Å². The standard InChI is InChI=1S/C12H10N3O3P.C12H17NO5.C8H7N3O4.C8H8O5.C7H9NO3.C4H10O.C2HF3O/c13-14-15-19(16,17-11-7-3-1-4-8-11)18-12-9-5-2-6-10-12;1-12(2,3)18-11(15)13-8-5-6-17-9(8)7-10(14)16-4;1-14-7(12)4-6-5(2-3-15-6)8(13)10-11-9;1-12-7(9)4-6-5(8(10)11)2-3-13-6;1-10-7(9)4-6-5(8)2-3-11-6;1-4(2,3)5;3-2(4,5)1-6/h1-10H;5-6H,7H2,1-4H3,(H,13,15);2-3H,4H2,1H3;2-3H,4H2,1H3,(H,10,11);2-3H,4,8H2,1H3;5H,1-3H3;1H. The van der Waals surface area contributed by atoms with Crippen LogP contribution >= 0.6 is 7.75 Å². The number of amides is 2. The number of carboxylic acid groups (broad SMARTS) is 1. The number of esters is 4. The first-order valence-electron chi connectivity index (χ1n) is 24.2. The number of nitrogen functional groups attached to an aromatic ring is 1. The highest BCUT2D eigenvalue weighted by atomic mass is 31.2. The number of hydrogen-bond donors (Lipinski definition) is 4. The Bertz CT molecular complexity index is 3210. The predicted octanol–water partition coefficient (Wildman–Crippen LogP) is 11.1. The molecule has 6 rings (SSSR count). The van der Waals surface area contributed by atoms with Gasteiger partial charge in [0.15, 0.2) is 0 Å². The zero-order valence-electron chi connectivity index (χ0n) is 48.2. The van der Waals surface area contributed by atoms with Crippen molar-refractivity contribution < 1.29 is 117 Å². The lowest BCUT2D eigenvalue weighted by atomic mass is 10.2. The minimum atomic E-state index is -4.64. The Hall–Kier alpha value is -10.5. The number of para-hydroxylation sites is 2. The van der Waals surface area contributed by atoms with E-state index >= 15 is 0 Å². The van der Waals surface area contributed by atoms with Crippen molar-refractivity contribution in [3.05, 3.63) is 165 Å². The number of methoxy groups -OCH3 is 4. The number of ether oxygens (including phenoxy) is 5. The van der Waals surface area contributed by atoms with Gasteiger partial charge < -0.3 is 66.3 Å². The Morgan fingerprint density at radius 3 is 1.36 bits per heavy atom. The van der Waals surface area contributed by atoms with Crippen molar-refractivity contribution in [2.45, 2.75) is 84.6 Å². The molecule has 0 radical (unpaired) electrons. The van der Waals surface area contributed by atoms with E-state index in [-0.39, 0.29) is 54.3 Å². The third-order valence-electron chi connectivity index (χ3n) is 8.59. The number of nitrogens with one attached hydrogen (secondary N) is 1. The van der Waals surface area contributed by atoms with Crippen LogP contribution in [0.25, 0.3) is 20.9 Å². The minimum Gasteiger partial charge on any atom is -0.478 e. The molecule has 0 saturated heterocycles. The molecule has 4 aromatic heterocycles. The first-order valence-corrected chi connectivity index (χ1v) is 25.7. The molecule has 2 amide bonds. The largest absolute Gasteiger partial charge is 0.525 e. The summed E-state index contributed by atoms with van der Waals surface area (Å²) >= 11 is 0. The molecule has 0 aliphatic carbocycles. The summed E-state index contributed by atoms with van der Waals surface area (Å²) in [6, 6.07) is 22.5. The van der Waals surface area contributed by atoms with E-state index in [0.717, 1.165) is 0 Å². The molecule has 0 bridgehead atoms. The molecule has 0 saturated carbocycles. The van der Waals surface area contributed by atoms with Crippen LogP contribution in [-0.2, 0) is 77.9 Å². The lowest BCUT2D eigenvalue weighted by Gasteiger charge is -2.19. The van der Waals surface area contributed by atoms with Crippen molar-refractivity contribution in [3.8, 4) is 11.5 Å². The van der Waals surface area contributed by atoms with Gasteiger partial charge in [-0.2, -0.15) is 13.2 Å². The highest BCUT2D eigenvalue weighted by molar-refractivity contribution is 7.53. The highest BCUT2D eigenvalue weighted by Gasteiger charge is 2.27. The number of hydrogen-bond acceptors (Lipinski definition) is 22. The number of carbonyl (C=O) groups is 8. The summed E-state index contributed by atoms with van der Waals surface area (Å²) < 4.78 is 96.4. The van der Waals surface area contributed by atoms with Crippen LogP contribution in [0.3, 0.4) is 0 Å². The summed E-state index contributed by atoms with van der Waals surface area (Å²) in [6.45, 7) is 10.5. The van der Waals surface area contributed by atoms with Crippen LogP contribution in [-0.4, -0.2) is 104 Å². The van der Waals surface area contributed by atoms with E-state index in [1.54, 1.807) is 114 Å². The number of carbonyl (C=O) groups excluding carboxylic acids is 7. The smallest absolute Gasteiger partial charge is 0.478 e. The Labute approximate surface area is 493 Å². The third kappa shape index (κ3) is 36.0. The first kappa shape index (κ1) is 76.5. The van der Waals surface area contributed by atoms with Crippen molar-refractivity contribution in [1.29, 1.82) is 0 Å². The van der Waals surface area contributed by atoms with Crippen molar-refractivity contribution >= 4 is 67.3 Å². The summed E-state index contributed by atoms with van der Waals surface area (Å²) in [7, 11) is 1.10. The molecular weight excluding hydrogens is 1190 g/mol. The van der Waals surface area contributed by atoms with Crippen molar-refractivity contribution in [2.24, 2.45) is 10.00 Å². The average Bonchev–Trinajstić information content (AvgIpc) is 3.63. The quantitative estimate of drug-likeness (QED) is 0.0133. The van der Waals surface area contributed by atoms with Gasteiger partial charge in [-0.1, -0.05) is 36.4 Å². The number of nitrogens with two attached hydrogens (primary N) is 1. The van der Waals surface area contributed by atoms with E-state index in [2.05, 4.69) is 44.1 Å². The molecule has 0 atom stereocenters. The monoisotopic (exact) mass is 1250 g/mol. The molecule has 4 heterocycles. The van der Waals surface area contributed by atoms with E-state index in [0.29, 0.717) is 34.4 Å². The van der Waals surface area contributed by atoms with E-state index in [4.69, 9.17) is 63.3 Å². The topological polar surface area (TPSA) is 447 Å². The van der Waals surface area contributed by atoms with E-state index in [1.165, 1.54) is 65.6 Å². The third-order valence-corrected chi connectivity index (χ3v) is 9.77. The number of azide groups is 2. The number of rotatable bonds is 16. The van der Waals surface area contributed by atoms with Crippen LogP contribution in [0.1, 0.15) is 85.3 Å². The van der Waals surface area contributed by atoms with Gasteiger partial charge in [-0.25, -0.2) is 14.2 Å². The SMILES string of the molecule is CC(C)(C)O.COC(=O)Cc1occc1C(=O)N=[N+]=[N-].COC(=O)Cc1occc1C(=O)O.COC(=O)Cc1occc1N.COC(=O)Cc1occc1NC(=O)OC(C)(C)C.O=CC(F)(F)F.[N-]=[N+]=NP(=O)(Oc1ccccc1)Oc1ccccc1. The molecule has 0 spiro atoms. The lowest BCUT2D eigenvalue weighted by molar-refractivity contribution is -0.156. The van der Waals surface area contributed by atoms with Gasteiger partial charge in [0.2, 0.25) is 6.29 Å². The molecule has 0 aliphatic rings. The molecule has 87 heavy (non-hydrogen) atoms. The Morgan fingerprint density at radius 1 is 0.621 bits per heavy atom. The summed E-state index contributed by atoms with van der Waals surface area (Å²) in [4.78, 5) is 93.5. The maximum atomic E-state index is 12.3. The van der Waals surface area contributed by atoms with Gasteiger partial charge in [-0.15, -0.1) is 0 Å². The normalized spacial score (nSPS) is 10.2. The molecule has 472 valence electrons. The number of alkyl halides is 3. The minimum absolute atomic E-state index is 0.00889. The number of halogens is 3. The van der Waals surface area contributed by atoms with Crippen LogP contribution in [0, 0.1) is 0 Å². The van der Waals surface area contributed by atoms with Crippen LogP contribution in [0.2, 0.25) is 0 Å². The fraction of sp³-hybridized carbons (Fsp3) is 0.321. The zero-order valence-corrected chi connectivity index (χ0v) is 49.1. The highest BCUT2D eigenvalue weighted by Crippen LogP contribution is 2.50. The fourth-order valence-electron chi connectivity index (χ4n) is 5.07. The van der Waals surface area contributed by atoms with Crippen LogP contribution in [0.4, 0.5) is 29.3 Å². The van der Waals surface area contributed by atoms with Crippen LogP contribution in [0.15, 0.2) is 138 Å². The van der Waals surface area contributed by atoms with Gasteiger partial charge in [0.1, 0.15) is 71.4 Å². The Morgan fingerprint density at radius 2 is 0.989 bits per heavy atom. The molecule has 2 aromatic carbocycles. The molecule has 6 aromatic rings. The summed E-state index contributed by atoms with van der Waals surface area (Å²) in [5.74, 6) is -2.16. The molecule has 34 heteroatoms. The maximum absolute atomic E-state index is 12.3. The van der Waals surface area contributed by atoms with Gasteiger partial charge in [-0.3, -0.25) is 34.1 Å². The van der Waals surface area contributed by atoms with Crippen LogP contribution in [0.5, 0.6) is 11.5 Å². The summed E-state index contributed by atoms with van der Waals surface area (Å²) in [5.41, 5.74) is 21.8. The molecule has 30 nitrogen and oxygen atoms in total. The first-order chi connectivity index (χ1) is 40.7. The molecule has 0 unspecified atom stereocenters. The number of aromatic carboxylic acids is 1. The van der Waals surface area contributed by atoms with E-state index < -0.39 is 67.3 Å². The zero-order chi connectivity index (χ0) is 66.4. The Kier molecular flexibility index (Phi) is 34.4. The fourth-order valence-corrected chi connectivity index (χ4v) is 6.06. The number of aliphatic hydroxyl groups is 1. The lowest BCUT2D eigenvalue weighted by Crippen LogP contribution is -2.27. The summed E-state index contributed by atoms with van der Waals surface area (Å²) in [6.07, 6.45) is -1.32. The average molecular weight is 1250 g/mol. The number of benzene rings is 2. The molecule has 0 aliphatic heterocycles. The van der Waals surface area contributed by atoms with Crippen LogP contribution < -0.4 is 20.1 Å². The number of anilines is 2. The van der Waals surface area contributed by atoms with Crippen molar-refractivity contribution in [3.63, 3.8) is 0 Å². The van der Waals surface area contributed by atoms with Gasteiger partial charge in [0.05, 0.1) is 76.0 Å². The van der Waals surface area contributed by atoms with Gasteiger partial charge in [-0.05, 0) is 100 Å². The Balaban J connectivity index is 0.00000103. The van der Waals surface area contributed by atoms with Gasteiger partial charge in [0.25, 0.3) is 5.91 Å². The molecule has 0 fully saturated rings.